The highest BCUT2D eigenvalue weighted by Gasteiger charge is 2.33. The Labute approximate surface area is 126 Å². The van der Waals surface area contributed by atoms with Crippen molar-refractivity contribution in [2.24, 2.45) is 16.8 Å². The van der Waals surface area contributed by atoms with Crippen molar-refractivity contribution in [1.82, 2.24) is 0 Å². The Bertz CT molecular complexity index is 512. The first-order chi connectivity index (χ1) is 10.1. The van der Waals surface area contributed by atoms with Crippen LogP contribution >= 0.6 is 0 Å². The molecule has 0 aromatic heterocycles. The van der Waals surface area contributed by atoms with Crippen LogP contribution < -0.4 is 10.6 Å². The first-order valence-electron chi connectivity index (χ1n) is 7.42. The minimum absolute atomic E-state index is 0.152. The van der Waals surface area contributed by atoms with Gasteiger partial charge in [0, 0.05) is 30.9 Å². The molecule has 1 saturated carbocycles. The van der Waals surface area contributed by atoms with Gasteiger partial charge >= 0.3 is 0 Å². The highest BCUT2D eigenvalue weighted by Crippen LogP contribution is 2.37. The minimum atomic E-state index is 0.152. The molecule has 1 aromatic rings. The van der Waals surface area contributed by atoms with E-state index >= 15 is 0 Å². The Morgan fingerprint density at radius 1 is 1.52 bits per heavy atom. The topological polar surface area (TPSA) is 71.1 Å². The highest BCUT2D eigenvalue weighted by atomic mass is 16.5. The summed E-state index contributed by atoms with van der Waals surface area (Å²) in [6, 6.07) is 6.50. The molecule has 1 aliphatic carbocycles. The summed E-state index contributed by atoms with van der Waals surface area (Å²) >= 11 is 0. The molecule has 0 spiro atoms. The van der Waals surface area contributed by atoms with Gasteiger partial charge in [0.1, 0.15) is 0 Å². The number of nitrogens with zero attached hydrogens (tertiary/aromatic N) is 2. The molecular weight excluding hydrogens is 266 g/mol. The second-order valence-electron chi connectivity index (χ2n) is 5.77. The number of amidine groups is 1. The number of nitrogens with two attached hydrogens (primary N) is 1. The maximum absolute atomic E-state index is 9.04. The Balaban J connectivity index is 2.37. The van der Waals surface area contributed by atoms with Gasteiger partial charge < -0.3 is 20.6 Å². The molecule has 21 heavy (non-hydrogen) atoms. The standard InChI is InChI=1S/C16H25N3O2/c1-11-4-7-15(14(10-11)16(17)18-20)19(8-9-21-3)12(2)13-5-6-13/h4,7,10,12-13,20H,5-6,8-9H2,1-3H3,(H2,17,18). The summed E-state index contributed by atoms with van der Waals surface area (Å²) in [6.07, 6.45) is 2.55. The van der Waals surface area contributed by atoms with E-state index in [0.29, 0.717) is 12.6 Å². The first-order valence-corrected chi connectivity index (χ1v) is 7.42. The zero-order valence-corrected chi connectivity index (χ0v) is 13.0. The number of ether oxygens (including phenoxy) is 1. The summed E-state index contributed by atoms with van der Waals surface area (Å²) in [4.78, 5) is 2.31. The van der Waals surface area contributed by atoms with E-state index in [2.05, 4.69) is 29.1 Å². The molecule has 2 rings (SSSR count). The van der Waals surface area contributed by atoms with Crippen LogP contribution in [0.15, 0.2) is 23.4 Å². The molecule has 5 heteroatoms. The van der Waals surface area contributed by atoms with Gasteiger partial charge in [0.05, 0.1) is 6.61 Å². The zero-order valence-electron chi connectivity index (χ0n) is 13.0. The van der Waals surface area contributed by atoms with E-state index < -0.39 is 0 Å². The van der Waals surface area contributed by atoms with E-state index in [1.54, 1.807) is 7.11 Å². The molecule has 0 aliphatic heterocycles. The van der Waals surface area contributed by atoms with Gasteiger partial charge in [0.2, 0.25) is 0 Å². The fourth-order valence-corrected chi connectivity index (χ4v) is 2.73. The lowest BCUT2D eigenvalue weighted by Crippen LogP contribution is -2.38. The molecule has 0 bridgehead atoms. The maximum atomic E-state index is 9.04. The quantitative estimate of drug-likeness (QED) is 0.350. The second-order valence-corrected chi connectivity index (χ2v) is 5.77. The summed E-state index contributed by atoms with van der Waals surface area (Å²) in [5.41, 5.74) is 8.74. The number of anilines is 1. The van der Waals surface area contributed by atoms with Gasteiger partial charge in [-0.1, -0.05) is 16.8 Å². The van der Waals surface area contributed by atoms with E-state index in [0.717, 1.165) is 29.3 Å². The lowest BCUT2D eigenvalue weighted by atomic mass is 10.0. The molecule has 1 atom stereocenters. The van der Waals surface area contributed by atoms with E-state index in [1.807, 2.05) is 13.0 Å². The number of hydrogen-bond donors (Lipinski definition) is 2. The molecule has 1 unspecified atom stereocenters. The SMILES string of the molecule is COCCN(c1ccc(C)cc1/C(N)=N/O)C(C)C1CC1. The van der Waals surface area contributed by atoms with Gasteiger partial charge in [-0.25, -0.2) is 0 Å². The second kappa shape index (κ2) is 6.80. The summed E-state index contributed by atoms with van der Waals surface area (Å²) in [5.74, 6) is 0.877. The van der Waals surface area contributed by atoms with E-state index in [9.17, 15) is 0 Å². The van der Waals surface area contributed by atoms with Crippen LogP contribution in [-0.4, -0.2) is 37.3 Å². The molecule has 0 amide bonds. The Morgan fingerprint density at radius 2 is 2.24 bits per heavy atom. The number of oxime groups is 1. The number of aryl methyl sites for hydroxylation is 1. The van der Waals surface area contributed by atoms with Crippen molar-refractivity contribution >= 4 is 11.5 Å². The third-order valence-corrected chi connectivity index (χ3v) is 4.18. The van der Waals surface area contributed by atoms with Crippen molar-refractivity contribution in [2.75, 3.05) is 25.2 Å². The third kappa shape index (κ3) is 3.67. The zero-order chi connectivity index (χ0) is 15.4. The minimum Gasteiger partial charge on any atom is -0.409 e. The van der Waals surface area contributed by atoms with Gasteiger partial charge in [-0.2, -0.15) is 0 Å². The Morgan fingerprint density at radius 3 is 2.81 bits per heavy atom. The van der Waals surface area contributed by atoms with Crippen LogP contribution in [-0.2, 0) is 4.74 Å². The van der Waals surface area contributed by atoms with Crippen molar-refractivity contribution in [3.05, 3.63) is 29.3 Å². The molecule has 0 radical (unpaired) electrons. The molecule has 0 saturated heterocycles. The van der Waals surface area contributed by atoms with Gasteiger partial charge in [-0.3, -0.25) is 0 Å². The lowest BCUT2D eigenvalue weighted by molar-refractivity contribution is 0.202. The highest BCUT2D eigenvalue weighted by molar-refractivity contribution is 6.02. The Kier molecular flexibility index (Phi) is 5.07. The van der Waals surface area contributed by atoms with Crippen LogP contribution in [0.5, 0.6) is 0 Å². The molecular formula is C16H25N3O2. The van der Waals surface area contributed by atoms with Crippen molar-refractivity contribution in [2.45, 2.75) is 32.7 Å². The first kappa shape index (κ1) is 15.6. The summed E-state index contributed by atoms with van der Waals surface area (Å²) in [6.45, 7) is 5.69. The average molecular weight is 291 g/mol. The van der Waals surface area contributed by atoms with Crippen LogP contribution in [0, 0.1) is 12.8 Å². The summed E-state index contributed by atoms with van der Waals surface area (Å²) in [7, 11) is 1.71. The molecule has 5 nitrogen and oxygen atoms in total. The smallest absolute Gasteiger partial charge is 0.172 e. The van der Waals surface area contributed by atoms with Crippen molar-refractivity contribution in [3.63, 3.8) is 0 Å². The fourth-order valence-electron chi connectivity index (χ4n) is 2.73. The molecule has 0 heterocycles. The largest absolute Gasteiger partial charge is 0.409 e. The Hall–Kier alpha value is -1.75. The van der Waals surface area contributed by atoms with Gasteiger partial charge in [0.15, 0.2) is 5.84 Å². The molecule has 116 valence electrons. The van der Waals surface area contributed by atoms with E-state index in [1.165, 1.54) is 12.8 Å². The number of hydrogen-bond acceptors (Lipinski definition) is 4. The monoisotopic (exact) mass is 291 g/mol. The van der Waals surface area contributed by atoms with Crippen molar-refractivity contribution in [1.29, 1.82) is 0 Å². The van der Waals surface area contributed by atoms with Crippen LogP contribution in [0.3, 0.4) is 0 Å². The predicted molar refractivity (Wildman–Crippen MR) is 85.1 cm³/mol. The third-order valence-electron chi connectivity index (χ3n) is 4.18. The predicted octanol–water partition coefficient (Wildman–Crippen LogP) is 2.34. The van der Waals surface area contributed by atoms with E-state index in [-0.39, 0.29) is 5.84 Å². The number of rotatable bonds is 7. The van der Waals surface area contributed by atoms with Crippen molar-refractivity contribution in [3.8, 4) is 0 Å². The van der Waals surface area contributed by atoms with Crippen LogP contribution in [0.1, 0.15) is 30.9 Å². The summed E-state index contributed by atoms with van der Waals surface area (Å²) < 4.78 is 5.24. The lowest BCUT2D eigenvalue weighted by Gasteiger charge is -2.33. The van der Waals surface area contributed by atoms with Gasteiger partial charge in [-0.15, -0.1) is 0 Å². The van der Waals surface area contributed by atoms with Gasteiger partial charge in [0.25, 0.3) is 0 Å². The normalized spacial score (nSPS) is 16.8. The van der Waals surface area contributed by atoms with E-state index in [4.69, 9.17) is 15.7 Å². The molecule has 3 N–H and O–H groups in total. The average Bonchev–Trinajstić information content (AvgIpc) is 3.32. The van der Waals surface area contributed by atoms with Crippen LogP contribution in [0.2, 0.25) is 0 Å². The number of benzene rings is 1. The van der Waals surface area contributed by atoms with Crippen LogP contribution in [0.4, 0.5) is 5.69 Å². The maximum Gasteiger partial charge on any atom is 0.172 e. The molecule has 1 aliphatic rings. The summed E-state index contributed by atoms with van der Waals surface area (Å²) in [5, 5.41) is 12.2. The van der Waals surface area contributed by atoms with Crippen LogP contribution in [0.25, 0.3) is 0 Å². The van der Waals surface area contributed by atoms with Crippen molar-refractivity contribution < 1.29 is 9.94 Å². The van der Waals surface area contributed by atoms with Gasteiger partial charge in [-0.05, 0) is 44.7 Å². The fraction of sp³-hybridized carbons (Fsp3) is 0.562. The molecule has 1 fully saturated rings. The molecule has 1 aromatic carbocycles. The number of methoxy groups -OCH3 is 1.